The van der Waals surface area contributed by atoms with Gasteiger partial charge in [-0.25, -0.2) is 13.1 Å². The molecule has 0 aromatic rings. The van der Waals surface area contributed by atoms with Crippen molar-refractivity contribution in [3.05, 3.63) is 0 Å². The maximum absolute atomic E-state index is 12.0. The molecule has 2 fully saturated rings. The van der Waals surface area contributed by atoms with Crippen LogP contribution in [0.5, 0.6) is 0 Å². The van der Waals surface area contributed by atoms with Crippen LogP contribution in [-0.4, -0.2) is 26.3 Å². The maximum Gasteiger partial charge on any atom is 0.214 e. The molecule has 2 aliphatic rings. The Balaban J connectivity index is 1.80. The molecule has 0 amide bonds. The van der Waals surface area contributed by atoms with E-state index in [1.807, 2.05) is 0 Å². The van der Waals surface area contributed by atoms with Gasteiger partial charge < -0.3 is 5.73 Å². The minimum atomic E-state index is -3.07. The number of hydrogen-bond donors (Lipinski definition) is 2. The smallest absolute Gasteiger partial charge is 0.214 e. The summed E-state index contributed by atoms with van der Waals surface area (Å²) in [6, 6.07) is 0.268. The normalized spacial score (nSPS) is 31.8. The van der Waals surface area contributed by atoms with Crippen LogP contribution in [0.3, 0.4) is 0 Å². The van der Waals surface area contributed by atoms with Crippen molar-refractivity contribution in [2.45, 2.75) is 62.7 Å². The minimum Gasteiger partial charge on any atom is -0.328 e. The van der Waals surface area contributed by atoms with E-state index in [0.717, 1.165) is 51.4 Å². The second-order valence-electron chi connectivity index (χ2n) is 5.59. The van der Waals surface area contributed by atoms with Crippen LogP contribution in [0.4, 0.5) is 0 Å². The van der Waals surface area contributed by atoms with E-state index in [-0.39, 0.29) is 11.3 Å². The molecule has 3 N–H and O–H groups in total. The van der Waals surface area contributed by atoms with Crippen LogP contribution in [-0.2, 0) is 10.0 Å². The van der Waals surface area contributed by atoms with Gasteiger partial charge in [-0.3, -0.25) is 0 Å². The fourth-order valence-electron chi connectivity index (χ4n) is 3.07. The van der Waals surface area contributed by atoms with E-state index in [9.17, 15) is 8.42 Å². The van der Waals surface area contributed by atoms with Crippen LogP contribution in [0.2, 0.25) is 0 Å². The van der Waals surface area contributed by atoms with Crippen molar-refractivity contribution in [2.75, 3.05) is 6.54 Å². The van der Waals surface area contributed by atoms with Crippen molar-refractivity contribution >= 4 is 10.0 Å². The SMILES string of the molecule is NC1CCCC(CNS(=O)(=O)C2CCCC2)C1. The van der Waals surface area contributed by atoms with Crippen LogP contribution in [0.15, 0.2) is 0 Å². The molecule has 0 saturated heterocycles. The average molecular weight is 260 g/mol. The molecule has 0 bridgehead atoms. The lowest BCUT2D eigenvalue weighted by molar-refractivity contribution is 0.322. The minimum absolute atomic E-state index is 0.139. The van der Waals surface area contributed by atoms with Crippen molar-refractivity contribution in [3.8, 4) is 0 Å². The van der Waals surface area contributed by atoms with E-state index < -0.39 is 10.0 Å². The first-order valence-electron chi connectivity index (χ1n) is 6.82. The van der Waals surface area contributed by atoms with Crippen LogP contribution < -0.4 is 10.5 Å². The molecule has 0 spiro atoms. The molecular formula is C12H24N2O2S. The fraction of sp³-hybridized carbons (Fsp3) is 1.00. The topological polar surface area (TPSA) is 72.2 Å². The first kappa shape index (κ1) is 13.3. The third-order valence-electron chi connectivity index (χ3n) is 4.14. The Bertz CT molecular complexity index is 336. The summed E-state index contributed by atoms with van der Waals surface area (Å²) in [4.78, 5) is 0. The van der Waals surface area contributed by atoms with Crippen LogP contribution in [0.25, 0.3) is 0 Å². The zero-order valence-electron chi connectivity index (χ0n) is 10.4. The molecule has 2 saturated carbocycles. The van der Waals surface area contributed by atoms with Gasteiger partial charge >= 0.3 is 0 Å². The van der Waals surface area contributed by atoms with E-state index >= 15 is 0 Å². The van der Waals surface area contributed by atoms with Crippen LogP contribution in [0, 0.1) is 5.92 Å². The summed E-state index contributed by atoms with van der Waals surface area (Å²) in [5.74, 6) is 0.440. The van der Waals surface area contributed by atoms with Gasteiger partial charge in [0.2, 0.25) is 10.0 Å². The average Bonchev–Trinajstić information content (AvgIpc) is 2.81. The van der Waals surface area contributed by atoms with Crippen molar-refractivity contribution in [1.29, 1.82) is 0 Å². The van der Waals surface area contributed by atoms with Gasteiger partial charge in [0.15, 0.2) is 0 Å². The highest BCUT2D eigenvalue weighted by Gasteiger charge is 2.29. The second-order valence-corrected chi connectivity index (χ2v) is 7.64. The van der Waals surface area contributed by atoms with Crippen LogP contribution >= 0.6 is 0 Å². The second kappa shape index (κ2) is 5.67. The predicted octanol–water partition coefficient (Wildman–Crippen LogP) is 1.37. The molecule has 5 heteroatoms. The molecule has 17 heavy (non-hydrogen) atoms. The van der Waals surface area contributed by atoms with E-state index in [1.54, 1.807) is 0 Å². The van der Waals surface area contributed by atoms with Gasteiger partial charge in [0.05, 0.1) is 5.25 Å². The number of hydrogen-bond acceptors (Lipinski definition) is 3. The Hall–Kier alpha value is -0.130. The lowest BCUT2D eigenvalue weighted by atomic mass is 9.86. The highest BCUT2D eigenvalue weighted by Crippen LogP contribution is 2.25. The molecule has 100 valence electrons. The molecule has 2 aliphatic carbocycles. The highest BCUT2D eigenvalue weighted by atomic mass is 32.2. The molecule has 0 aromatic carbocycles. The van der Waals surface area contributed by atoms with E-state index in [1.165, 1.54) is 0 Å². The Labute approximate surface area is 104 Å². The molecule has 0 aromatic heterocycles. The lowest BCUT2D eigenvalue weighted by Gasteiger charge is -2.27. The van der Waals surface area contributed by atoms with E-state index in [4.69, 9.17) is 5.73 Å². The first-order chi connectivity index (χ1) is 8.08. The van der Waals surface area contributed by atoms with Gasteiger partial charge in [-0.15, -0.1) is 0 Å². The predicted molar refractivity (Wildman–Crippen MR) is 69.1 cm³/mol. The third-order valence-corrected chi connectivity index (χ3v) is 6.06. The quantitative estimate of drug-likeness (QED) is 0.802. The van der Waals surface area contributed by atoms with Crippen molar-refractivity contribution in [2.24, 2.45) is 11.7 Å². The summed E-state index contributed by atoms with van der Waals surface area (Å²) in [6.45, 7) is 0.590. The van der Waals surface area contributed by atoms with Gasteiger partial charge in [0.25, 0.3) is 0 Å². The van der Waals surface area contributed by atoms with E-state index in [2.05, 4.69) is 4.72 Å². The van der Waals surface area contributed by atoms with Crippen molar-refractivity contribution in [1.82, 2.24) is 4.72 Å². The summed E-state index contributed by atoms with van der Waals surface area (Å²) in [7, 11) is -3.07. The van der Waals surface area contributed by atoms with Crippen molar-refractivity contribution in [3.63, 3.8) is 0 Å². The molecule has 0 radical (unpaired) electrons. The largest absolute Gasteiger partial charge is 0.328 e. The van der Waals surface area contributed by atoms with Gasteiger partial charge in [-0.1, -0.05) is 19.3 Å². The third kappa shape index (κ3) is 3.66. The van der Waals surface area contributed by atoms with Crippen molar-refractivity contribution < 1.29 is 8.42 Å². The summed E-state index contributed by atoms with van der Waals surface area (Å²) in [5.41, 5.74) is 5.91. The maximum atomic E-state index is 12.0. The standard InChI is InChI=1S/C12H24N2O2S/c13-11-5-3-4-10(8-11)9-14-17(15,16)12-6-1-2-7-12/h10-12,14H,1-9,13H2. The number of rotatable bonds is 4. The van der Waals surface area contributed by atoms with Gasteiger partial charge in [0, 0.05) is 12.6 Å². The molecule has 2 rings (SSSR count). The lowest BCUT2D eigenvalue weighted by Crippen LogP contribution is -2.39. The Morgan fingerprint density at radius 1 is 1.06 bits per heavy atom. The summed E-state index contributed by atoms with van der Waals surface area (Å²) >= 11 is 0. The highest BCUT2D eigenvalue weighted by molar-refractivity contribution is 7.90. The Kier molecular flexibility index (Phi) is 4.44. The monoisotopic (exact) mass is 260 g/mol. The Morgan fingerprint density at radius 2 is 1.76 bits per heavy atom. The molecule has 4 nitrogen and oxygen atoms in total. The van der Waals surface area contributed by atoms with Gasteiger partial charge in [-0.05, 0) is 38.0 Å². The number of nitrogens with one attached hydrogen (secondary N) is 1. The summed E-state index contributed by atoms with van der Waals surface area (Å²) in [6.07, 6.45) is 8.08. The summed E-state index contributed by atoms with van der Waals surface area (Å²) in [5, 5.41) is -0.139. The molecule has 2 unspecified atom stereocenters. The van der Waals surface area contributed by atoms with Gasteiger partial charge in [-0.2, -0.15) is 0 Å². The molecular weight excluding hydrogens is 236 g/mol. The first-order valence-corrected chi connectivity index (χ1v) is 8.36. The van der Waals surface area contributed by atoms with E-state index in [0.29, 0.717) is 12.5 Å². The molecule has 0 aliphatic heterocycles. The molecule has 2 atom stereocenters. The number of sulfonamides is 1. The van der Waals surface area contributed by atoms with Gasteiger partial charge in [0.1, 0.15) is 0 Å². The Morgan fingerprint density at radius 3 is 2.41 bits per heavy atom. The molecule has 0 heterocycles. The zero-order chi connectivity index (χ0) is 12.3. The fourth-order valence-corrected chi connectivity index (χ4v) is 4.73. The number of nitrogens with two attached hydrogens (primary N) is 1. The summed E-state index contributed by atoms with van der Waals surface area (Å²) < 4.78 is 26.8. The van der Waals surface area contributed by atoms with Crippen LogP contribution in [0.1, 0.15) is 51.4 Å². The zero-order valence-corrected chi connectivity index (χ0v) is 11.2.